The highest BCUT2D eigenvalue weighted by Crippen LogP contribution is 2.20. The number of hydrogen-bond donors (Lipinski definition) is 0. The number of methoxy groups -OCH3 is 2. The zero-order valence-electron chi connectivity index (χ0n) is 14.9. The van der Waals surface area contributed by atoms with Gasteiger partial charge in [0.1, 0.15) is 0 Å². The van der Waals surface area contributed by atoms with E-state index in [4.69, 9.17) is 9.47 Å². The largest absolute Gasteiger partial charge is 0.494 e. The molecule has 2 aromatic carbocycles. The van der Waals surface area contributed by atoms with Crippen molar-refractivity contribution in [1.29, 1.82) is 0 Å². The van der Waals surface area contributed by atoms with Crippen molar-refractivity contribution < 1.29 is 18.7 Å². The van der Waals surface area contributed by atoms with Gasteiger partial charge in [-0.2, -0.15) is 0 Å². The molecule has 5 heteroatoms. The van der Waals surface area contributed by atoms with Gasteiger partial charge >= 0.3 is 5.97 Å². The summed E-state index contributed by atoms with van der Waals surface area (Å²) in [5.41, 5.74) is 1.96. The number of halogens is 1. The van der Waals surface area contributed by atoms with Crippen molar-refractivity contribution >= 4 is 5.97 Å². The molecule has 0 spiro atoms. The molecule has 0 aromatic heterocycles. The Balaban J connectivity index is 2.15. The van der Waals surface area contributed by atoms with Crippen LogP contribution in [0, 0.1) is 11.7 Å². The highest BCUT2D eigenvalue weighted by Gasteiger charge is 2.18. The number of benzene rings is 2. The molecule has 0 saturated carbocycles. The summed E-state index contributed by atoms with van der Waals surface area (Å²) in [6, 6.07) is 14.9. The summed E-state index contributed by atoms with van der Waals surface area (Å²) in [7, 11) is 2.83. The first-order valence-electron chi connectivity index (χ1n) is 8.20. The second-order valence-corrected chi connectivity index (χ2v) is 6.05. The highest BCUT2D eigenvalue weighted by atomic mass is 19.1. The van der Waals surface area contributed by atoms with Crippen molar-refractivity contribution in [3.05, 3.63) is 65.5 Å². The van der Waals surface area contributed by atoms with Crippen molar-refractivity contribution in [1.82, 2.24) is 4.90 Å². The van der Waals surface area contributed by atoms with Crippen molar-refractivity contribution in [2.24, 2.45) is 5.92 Å². The third-order valence-corrected chi connectivity index (χ3v) is 4.01. The summed E-state index contributed by atoms with van der Waals surface area (Å²) < 4.78 is 23.7. The van der Waals surface area contributed by atoms with Crippen molar-refractivity contribution in [3.8, 4) is 5.75 Å². The lowest BCUT2D eigenvalue weighted by atomic mass is 10.1. The van der Waals surface area contributed by atoms with Gasteiger partial charge in [-0.3, -0.25) is 9.69 Å². The lowest BCUT2D eigenvalue weighted by molar-refractivity contribution is -0.145. The normalized spacial score (nSPS) is 12.0. The zero-order valence-corrected chi connectivity index (χ0v) is 14.9. The fourth-order valence-corrected chi connectivity index (χ4v) is 2.76. The van der Waals surface area contributed by atoms with Crippen LogP contribution in [0.2, 0.25) is 0 Å². The summed E-state index contributed by atoms with van der Waals surface area (Å²) in [4.78, 5) is 13.9. The molecule has 0 saturated heterocycles. The molecule has 0 bridgehead atoms. The second kappa shape index (κ2) is 9.18. The minimum Gasteiger partial charge on any atom is -0.494 e. The van der Waals surface area contributed by atoms with Gasteiger partial charge in [-0.1, -0.05) is 43.3 Å². The molecule has 0 aliphatic rings. The van der Waals surface area contributed by atoms with E-state index in [1.807, 2.05) is 43.3 Å². The molecule has 0 amide bonds. The topological polar surface area (TPSA) is 38.8 Å². The number of nitrogens with zero attached hydrogens (tertiary/aromatic N) is 1. The number of esters is 1. The number of rotatable bonds is 8. The number of hydrogen-bond acceptors (Lipinski definition) is 4. The minimum atomic E-state index is -0.388. The Labute approximate surface area is 148 Å². The molecule has 0 N–H and O–H groups in total. The smallest absolute Gasteiger partial charge is 0.309 e. The molecular formula is C20H24FNO3. The van der Waals surface area contributed by atoms with E-state index in [9.17, 15) is 9.18 Å². The Bertz CT molecular complexity index is 691. The van der Waals surface area contributed by atoms with Crippen LogP contribution in [0.25, 0.3) is 0 Å². The van der Waals surface area contributed by atoms with E-state index in [2.05, 4.69) is 4.90 Å². The minimum absolute atomic E-state index is 0.223. The lowest BCUT2D eigenvalue weighted by Crippen LogP contribution is -2.31. The second-order valence-electron chi connectivity index (χ2n) is 6.05. The Kier molecular flexibility index (Phi) is 6.95. The maximum atomic E-state index is 14.0. The SMILES string of the molecule is COC(=O)C(C)CN(Cc1ccccc1)Cc1ccc(OC)c(F)c1. The molecule has 0 fully saturated rings. The first kappa shape index (κ1) is 18.9. The van der Waals surface area contributed by atoms with Crippen LogP contribution in [0.3, 0.4) is 0 Å². The average molecular weight is 345 g/mol. The third kappa shape index (κ3) is 5.57. The van der Waals surface area contributed by atoms with Gasteiger partial charge in [-0.05, 0) is 23.3 Å². The molecular weight excluding hydrogens is 321 g/mol. The Morgan fingerprint density at radius 3 is 2.36 bits per heavy atom. The molecule has 2 aromatic rings. The van der Waals surface area contributed by atoms with E-state index in [0.29, 0.717) is 19.6 Å². The molecule has 0 aliphatic carbocycles. The summed E-state index contributed by atoms with van der Waals surface area (Å²) in [5.74, 6) is -0.683. The zero-order chi connectivity index (χ0) is 18.2. The van der Waals surface area contributed by atoms with Gasteiger partial charge in [0.2, 0.25) is 0 Å². The highest BCUT2D eigenvalue weighted by molar-refractivity contribution is 5.72. The average Bonchev–Trinajstić information content (AvgIpc) is 2.62. The Morgan fingerprint density at radius 2 is 1.76 bits per heavy atom. The van der Waals surface area contributed by atoms with E-state index < -0.39 is 0 Å². The van der Waals surface area contributed by atoms with E-state index >= 15 is 0 Å². The van der Waals surface area contributed by atoms with Crippen LogP contribution in [0.4, 0.5) is 4.39 Å². The van der Waals surface area contributed by atoms with E-state index in [1.165, 1.54) is 20.3 Å². The third-order valence-electron chi connectivity index (χ3n) is 4.01. The molecule has 1 unspecified atom stereocenters. The van der Waals surface area contributed by atoms with Gasteiger partial charge in [-0.15, -0.1) is 0 Å². The molecule has 2 rings (SSSR count). The molecule has 25 heavy (non-hydrogen) atoms. The van der Waals surface area contributed by atoms with Gasteiger partial charge in [0.25, 0.3) is 0 Å². The first-order chi connectivity index (χ1) is 12.0. The van der Waals surface area contributed by atoms with Crippen molar-refractivity contribution in [3.63, 3.8) is 0 Å². The van der Waals surface area contributed by atoms with Crippen LogP contribution >= 0.6 is 0 Å². The van der Waals surface area contributed by atoms with Crippen LogP contribution in [-0.4, -0.2) is 31.6 Å². The maximum absolute atomic E-state index is 14.0. The van der Waals surface area contributed by atoms with Gasteiger partial charge in [-0.25, -0.2) is 4.39 Å². The monoisotopic (exact) mass is 345 g/mol. The molecule has 0 aliphatic heterocycles. The van der Waals surface area contributed by atoms with Crippen LogP contribution in [-0.2, 0) is 22.6 Å². The fourth-order valence-electron chi connectivity index (χ4n) is 2.76. The Hall–Kier alpha value is -2.40. The van der Waals surface area contributed by atoms with E-state index in [0.717, 1.165) is 11.1 Å². The molecule has 4 nitrogen and oxygen atoms in total. The lowest BCUT2D eigenvalue weighted by Gasteiger charge is -2.25. The Morgan fingerprint density at radius 1 is 1.08 bits per heavy atom. The van der Waals surface area contributed by atoms with E-state index in [-0.39, 0.29) is 23.5 Å². The number of carbonyl (C=O) groups excluding carboxylic acids is 1. The number of carbonyl (C=O) groups is 1. The quantitative estimate of drug-likeness (QED) is 0.685. The van der Waals surface area contributed by atoms with Crippen LogP contribution in [0.1, 0.15) is 18.1 Å². The van der Waals surface area contributed by atoms with E-state index in [1.54, 1.807) is 6.07 Å². The predicted octanol–water partition coefficient (Wildman–Crippen LogP) is 3.65. The fraction of sp³-hybridized carbons (Fsp3) is 0.350. The first-order valence-corrected chi connectivity index (χ1v) is 8.20. The standard InChI is InChI=1S/C20H24FNO3/c1-15(20(23)25-3)12-22(13-16-7-5-4-6-8-16)14-17-9-10-19(24-2)18(21)11-17/h4-11,15H,12-14H2,1-3H3. The molecule has 0 radical (unpaired) electrons. The van der Waals surface area contributed by atoms with Crippen LogP contribution in [0.5, 0.6) is 5.75 Å². The van der Waals surface area contributed by atoms with Gasteiger partial charge in [0.15, 0.2) is 11.6 Å². The van der Waals surface area contributed by atoms with Crippen molar-refractivity contribution in [2.45, 2.75) is 20.0 Å². The predicted molar refractivity (Wildman–Crippen MR) is 94.7 cm³/mol. The van der Waals surface area contributed by atoms with Crippen molar-refractivity contribution in [2.75, 3.05) is 20.8 Å². The maximum Gasteiger partial charge on any atom is 0.309 e. The van der Waals surface area contributed by atoms with Gasteiger partial charge in [0, 0.05) is 19.6 Å². The summed E-state index contributed by atoms with van der Waals surface area (Å²) in [6.07, 6.45) is 0. The summed E-state index contributed by atoms with van der Waals surface area (Å²) in [6.45, 7) is 3.54. The van der Waals surface area contributed by atoms with Gasteiger partial charge < -0.3 is 9.47 Å². The summed E-state index contributed by atoms with van der Waals surface area (Å²) in [5, 5.41) is 0. The van der Waals surface area contributed by atoms with Crippen LogP contribution < -0.4 is 4.74 Å². The van der Waals surface area contributed by atoms with Gasteiger partial charge in [0.05, 0.1) is 20.1 Å². The summed E-state index contributed by atoms with van der Waals surface area (Å²) >= 11 is 0. The molecule has 134 valence electrons. The van der Waals surface area contributed by atoms with Crippen LogP contribution in [0.15, 0.2) is 48.5 Å². The number of ether oxygens (including phenoxy) is 2. The molecule has 1 atom stereocenters. The molecule has 0 heterocycles.